The Bertz CT molecular complexity index is 473. The summed E-state index contributed by atoms with van der Waals surface area (Å²) in [5.41, 5.74) is 1.02. The Morgan fingerprint density at radius 2 is 2.35 bits per heavy atom. The zero-order valence-corrected chi connectivity index (χ0v) is 9.43. The van der Waals surface area contributed by atoms with Crippen LogP contribution in [0, 0.1) is 11.7 Å². The van der Waals surface area contributed by atoms with E-state index in [9.17, 15) is 9.18 Å². The summed E-state index contributed by atoms with van der Waals surface area (Å²) in [6.07, 6.45) is 4.16. The van der Waals surface area contributed by atoms with Gasteiger partial charge in [0.25, 0.3) is 0 Å². The fraction of sp³-hybridized carbons (Fsp3) is 0.333. The third kappa shape index (κ3) is 2.43. The molecule has 17 heavy (non-hydrogen) atoms. The largest absolute Gasteiger partial charge is 0.465 e. The number of allylic oxidation sites excluding steroid dienone is 1. The van der Waals surface area contributed by atoms with E-state index < -0.39 is 11.9 Å². The number of carbonyl (C=O) groups is 1. The molecule has 0 unspecified atom stereocenters. The molecule has 5 heteroatoms. The van der Waals surface area contributed by atoms with Gasteiger partial charge in [-0.2, -0.15) is 0 Å². The van der Waals surface area contributed by atoms with Crippen LogP contribution in [-0.4, -0.2) is 27.6 Å². The van der Waals surface area contributed by atoms with Crippen LogP contribution in [0.4, 0.5) is 9.18 Å². The van der Waals surface area contributed by atoms with Crippen LogP contribution < -0.4 is 0 Å². The number of hydrogen-bond donors (Lipinski definition) is 1. The Kier molecular flexibility index (Phi) is 3.08. The molecule has 1 N–H and O–H groups in total. The first-order valence-corrected chi connectivity index (χ1v) is 5.39. The Labute approximate surface area is 98.4 Å². The maximum absolute atomic E-state index is 13.1. The number of pyridine rings is 1. The van der Waals surface area contributed by atoms with Gasteiger partial charge in [0, 0.05) is 18.3 Å². The molecule has 0 fully saturated rings. The van der Waals surface area contributed by atoms with Crippen molar-refractivity contribution in [2.75, 3.05) is 6.54 Å². The molecule has 0 spiro atoms. The Hall–Kier alpha value is -1.91. The second kappa shape index (κ2) is 4.53. The maximum atomic E-state index is 13.1. The third-order valence-corrected chi connectivity index (χ3v) is 2.73. The summed E-state index contributed by atoms with van der Waals surface area (Å²) >= 11 is 0. The SMILES string of the molecule is C[C@H]1CC=C(c2cncc(F)c2)N(C(=O)O)C1. The highest BCUT2D eigenvalue weighted by Crippen LogP contribution is 2.27. The lowest BCUT2D eigenvalue weighted by Crippen LogP contribution is -2.34. The van der Waals surface area contributed by atoms with Crippen LogP contribution in [-0.2, 0) is 0 Å². The van der Waals surface area contributed by atoms with Crippen LogP contribution in [0.2, 0.25) is 0 Å². The number of nitrogens with zero attached hydrogens (tertiary/aromatic N) is 2. The lowest BCUT2D eigenvalue weighted by molar-refractivity contribution is 0.159. The van der Waals surface area contributed by atoms with Gasteiger partial charge in [-0.3, -0.25) is 9.88 Å². The molecule has 0 radical (unpaired) electrons. The standard InChI is InChI=1S/C12H13FN2O2/c1-8-2-3-11(15(7-8)12(16)17)9-4-10(13)6-14-5-9/h3-6,8H,2,7H2,1H3,(H,16,17)/t8-/m0/s1. The van der Waals surface area contributed by atoms with Gasteiger partial charge in [-0.1, -0.05) is 13.0 Å². The molecule has 1 aromatic heterocycles. The number of amides is 1. The highest BCUT2D eigenvalue weighted by molar-refractivity contribution is 5.81. The molecule has 2 rings (SSSR count). The van der Waals surface area contributed by atoms with E-state index in [1.54, 1.807) is 0 Å². The van der Waals surface area contributed by atoms with Crippen molar-refractivity contribution in [3.63, 3.8) is 0 Å². The van der Waals surface area contributed by atoms with Crippen LogP contribution in [0.3, 0.4) is 0 Å². The molecule has 2 heterocycles. The molecule has 1 aliphatic heterocycles. The normalized spacial score (nSPS) is 20.0. The van der Waals surface area contributed by atoms with Gasteiger partial charge >= 0.3 is 6.09 Å². The van der Waals surface area contributed by atoms with Crippen LogP contribution in [0.5, 0.6) is 0 Å². The van der Waals surface area contributed by atoms with E-state index >= 15 is 0 Å². The second-order valence-corrected chi connectivity index (χ2v) is 4.22. The first kappa shape index (κ1) is 11.6. The average molecular weight is 236 g/mol. The molecule has 4 nitrogen and oxygen atoms in total. The number of aromatic nitrogens is 1. The van der Waals surface area contributed by atoms with Crippen LogP contribution in [0.25, 0.3) is 5.70 Å². The van der Waals surface area contributed by atoms with Gasteiger partial charge in [0.05, 0.1) is 11.9 Å². The highest BCUT2D eigenvalue weighted by atomic mass is 19.1. The minimum Gasteiger partial charge on any atom is -0.465 e. The Balaban J connectivity index is 2.38. The first-order chi connectivity index (χ1) is 8.08. The first-order valence-electron chi connectivity index (χ1n) is 5.39. The van der Waals surface area contributed by atoms with Gasteiger partial charge in [-0.15, -0.1) is 0 Å². The van der Waals surface area contributed by atoms with Crippen LogP contribution >= 0.6 is 0 Å². The average Bonchev–Trinajstić information content (AvgIpc) is 2.28. The minimum absolute atomic E-state index is 0.274. The number of halogens is 1. The van der Waals surface area contributed by atoms with Crippen molar-refractivity contribution < 1.29 is 14.3 Å². The fourth-order valence-corrected chi connectivity index (χ4v) is 1.91. The van der Waals surface area contributed by atoms with Gasteiger partial charge < -0.3 is 5.11 Å². The summed E-state index contributed by atoms with van der Waals surface area (Å²) in [6.45, 7) is 2.41. The van der Waals surface area contributed by atoms with Crippen molar-refractivity contribution in [3.8, 4) is 0 Å². The lowest BCUT2D eigenvalue weighted by atomic mass is 9.99. The maximum Gasteiger partial charge on any atom is 0.411 e. The molecule has 0 aliphatic carbocycles. The smallest absolute Gasteiger partial charge is 0.411 e. The summed E-state index contributed by atoms with van der Waals surface area (Å²) in [5, 5.41) is 9.13. The molecule has 0 saturated heterocycles. The molecule has 1 aromatic rings. The van der Waals surface area contributed by atoms with Crippen LogP contribution in [0.1, 0.15) is 18.9 Å². The van der Waals surface area contributed by atoms with Gasteiger partial charge in [-0.25, -0.2) is 9.18 Å². The molecule has 90 valence electrons. The minimum atomic E-state index is -1.02. The molecule has 1 aliphatic rings. The second-order valence-electron chi connectivity index (χ2n) is 4.22. The van der Waals surface area contributed by atoms with E-state index in [0.29, 0.717) is 17.8 Å². The van der Waals surface area contributed by atoms with E-state index in [-0.39, 0.29) is 5.92 Å². The van der Waals surface area contributed by atoms with Crippen molar-refractivity contribution in [2.24, 2.45) is 5.92 Å². The van der Waals surface area contributed by atoms with E-state index in [2.05, 4.69) is 4.98 Å². The molecule has 1 amide bonds. The van der Waals surface area contributed by atoms with E-state index in [0.717, 1.165) is 12.6 Å². The Morgan fingerprint density at radius 3 is 3.00 bits per heavy atom. The van der Waals surface area contributed by atoms with Gasteiger partial charge in [0.15, 0.2) is 0 Å². The quantitative estimate of drug-likeness (QED) is 0.815. The summed E-state index contributed by atoms with van der Waals surface area (Å²) < 4.78 is 13.1. The van der Waals surface area contributed by atoms with E-state index in [4.69, 9.17) is 5.11 Å². The van der Waals surface area contributed by atoms with Gasteiger partial charge in [0.1, 0.15) is 5.82 Å². The third-order valence-electron chi connectivity index (χ3n) is 2.73. The Morgan fingerprint density at radius 1 is 1.59 bits per heavy atom. The number of carboxylic acid groups (broad SMARTS) is 1. The zero-order chi connectivity index (χ0) is 12.4. The number of rotatable bonds is 1. The highest BCUT2D eigenvalue weighted by Gasteiger charge is 2.24. The predicted octanol–water partition coefficient (Wildman–Crippen LogP) is 2.58. The van der Waals surface area contributed by atoms with Crippen molar-refractivity contribution in [1.82, 2.24) is 9.88 Å². The molecule has 0 aromatic carbocycles. The van der Waals surface area contributed by atoms with Crippen molar-refractivity contribution in [1.29, 1.82) is 0 Å². The van der Waals surface area contributed by atoms with Crippen molar-refractivity contribution >= 4 is 11.8 Å². The predicted molar refractivity (Wildman–Crippen MR) is 60.7 cm³/mol. The van der Waals surface area contributed by atoms with Crippen molar-refractivity contribution in [3.05, 3.63) is 35.9 Å². The van der Waals surface area contributed by atoms with E-state index in [1.165, 1.54) is 17.2 Å². The van der Waals surface area contributed by atoms with E-state index in [1.807, 2.05) is 13.0 Å². The van der Waals surface area contributed by atoms with Gasteiger partial charge in [-0.05, 0) is 18.4 Å². The topological polar surface area (TPSA) is 53.4 Å². The molecular formula is C12H13FN2O2. The lowest BCUT2D eigenvalue weighted by Gasteiger charge is -2.29. The summed E-state index contributed by atoms with van der Waals surface area (Å²) in [5.74, 6) is -0.191. The molecule has 1 atom stereocenters. The van der Waals surface area contributed by atoms with Gasteiger partial charge in [0.2, 0.25) is 0 Å². The summed E-state index contributed by atoms with van der Waals surface area (Å²) in [7, 11) is 0. The van der Waals surface area contributed by atoms with Crippen molar-refractivity contribution in [2.45, 2.75) is 13.3 Å². The molecule has 0 saturated carbocycles. The summed E-state index contributed by atoms with van der Waals surface area (Å²) in [6, 6.07) is 1.30. The molecular weight excluding hydrogens is 223 g/mol. The van der Waals surface area contributed by atoms with Crippen LogP contribution in [0.15, 0.2) is 24.5 Å². The summed E-state index contributed by atoms with van der Waals surface area (Å²) in [4.78, 5) is 16.1. The fourth-order valence-electron chi connectivity index (χ4n) is 1.91. The monoisotopic (exact) mass is 236 g/mol. The molecule has 0 bridgehead atoms. The number of hydrogen-bond acceptors (Lipinski definition) is 2. The zero-order valence-electron chi connectivity index (χ0n) is 9.43.